The molecule has 3 rings (SSSR count). The zero-order chi connectivity index (χ0) is 19.9. The zero-order valence-corrected chi connectivity index (χ0v) is 16.5. The maximum Gasteiger partial charge on any atom is 0.246 e. The average Bonchev–Trinajstić information content (AvgIpc) is 3.18. The zero-order valence-electron chi connectivity index (χ0n) is 15.7. The first-order chi connectivity index (χ1) is 13.6. The quantitative estimate of drug-likeness (QED) is 0.498. The van der Waals surface area contributed by atoms with E-state index in [1.54, 1.807) is 23.1 Å². The summed E-state index contributed by atoms with van der Waals surface area (Å²) in [5, 5.41) is 4.66. The Hall–Kier alpha value is -2.92. The molecule has 1 unspecified atom stereocenters. The number of benzene rings is 2. The molecule has 0 aliphatic carbocycles. The minimum atomic E-state index is -0.222. The van der Waals surface area contributed by atoms with E-state index in [1.165, 1.54) is 0 Å². The predicted octanol–water partition coefficient (Wildman–Crippen LogP) is 5.10. The lowest BCUT2D eigenvalue weighted by Gasteiger charge is -2.25. The van der Waals surface area contributed by atoms with Gasteiger partial charge in [-0.1, -0.05) is 60.1 Å². The molecular weight excluding hydrogens is 374 g/mol. The number of hydrogen-bond acceptors (Lipinski definition) is 4. The summed E-state index contributed by atoms with van der Waals surface area (Å²) in [5.41, 5.74) is 1.80. The van der Waals surface area contributed by atoms with Crippen LogP contribution in [0.2, 0.25) is 5.02 Å². The van der Waals surface area contributed by atoms with Crippen molar-refractivity contribution in [2.24, 2.45) is 0 Å². The van der Waals surface area contributed by atoms with E-state index < -0.39 is 0 Å². The highest BCUT2D eigenvalue weighted by molar-refractivity contribution is 6.30. The van der Waals surface area contributed by atoms with Gasteiger partial charge in [-0.05, 0) is 36.2 Å². The highest BCUT2D eigenvalue weighted by atomic mass is 35.5. The summed E-state index contributed by atoms with van der Waals surface area (Å²) >= 11 is 5.92. The Labute approximate surface area is 169 Å². The second kappa shape index (κ2) is 9.33. The van der Waals surface area contributed by atoms with Crippen molar-refractivity contribution in [3.63, 3.8) is 0 Å². The van der Waals surface area contributed by atoms with Crippen LogP contribution in [0.5, 0.6) is 0 Å². The Morgan fingerprint density at radius 2 is 1.93 bits per heavy atom. The van der Waals surface area contributed by atoms with Gasteiger partial charge < -0.3 is 9.42 Å². The van der Waals surface area contributed by atoms with E-state index in [0.29, 0.717) is 29.7 Å². The van der Waals surface area contributed by atoms with Gasteiger partial charge in [-0.15, -0.1) is 6.58 Å². The Kier molecular flexibility index (Phi) is 6.61. The van der Waals surface area contributed by atoms with Crippen LogP contribution in [0, 0.1) is 0 Å². The Morgan fingerprint density at radius 3 is 2.57 bits per heavy atom. The SMILES string of the molecule is C=CCN(Cc1nc(-c2ccc(Cl)cc2)no1)C(=O)C(CC)c1ccccc1. The number of amides is 1. The van der Waals surface area contributed by atoms with Gasteiger partial charge in [-0.3, -0.25) is 4.79 Å². The Bertz CT molecular complexity index is 922. The van der Waals surface area contributed by atoms with Crippen molar-refractivity contribution >= 4 is 17.5 Å². The molecule has 144 valence electrons. The Balaban J connectivity index is 1.78. The first kappa shape index (κ1) is 19.8. The predicted molar refractivity (Wildman–Crippen MR) is 110 cm³/mol. The second-order valence-electron chi connectivity index (χ2n) is 6.40. The van der Waals surface area contributed by atoms with Crippen molar-refractivity contribution in [3.05, 3.63) is 83.7 Å². The molecular formula is C22H22ClN3O2. The van der Waals surface area contributed by atoms with Gasteiger partial charge in [0.15, 0.2) is 0 Å². The summed E-state index contributed by atoms with van der Waals surface area (Å²) in [6.07, 6.45) is 2.41. The summed E-state index contributed by atoms with van der Waals surface area (Å²) in [6, 6.07) is 17.0. The monoisotopic (exact) mass is 395 g/mol. The third-order valence-electron chi connectivity index (χ3n) is 4.47. The van der Waals surface area contributed by atoms with Crippen LogP contribution in [0.15, 0.2) is 71.8 Å². The van der Waals surface area contributed by atoms with Crippen LogP contribution in [-0.2, 0) is 11.3 Å². The fourth-order valence-electron chi connectivity index (χ4n) is 3.05. The molecule has 2 aromatic carbocycles. The molecule has 0 bridgehead atoms. The molecule has 28 heavy (non-hydrogen) atoms. The first-order valence-electron chi connectivity index (χ1n) is 9.15. The van der Waals surface area contributed by atoms with Crippen molar-refractivity contribution in [2.45, 2.75) is 25.8 Å². The minimum Gasteiger partial charge on any atom is -0.337 e. The highest BCUT2D eigenvalue weighted by Gasteiger charge is 2.25. The van der Waals surface area contributed by atoms with Gasteiger partial charge in [0.1, 0.15) is 6.54 Å². The van der Waals surface area contributed by atoms with Crippen molar-refractivity contribution in [3.8, 4) is 11.4 Å². The normalized spacial score (nSPS) is 11.8. The molecule has 0 radical (unpaired) electrons. The van der Waals surface area contributed by atoms with Gasteiger partial charge in [-0.25, -0.2) is 0 Å². The maximum atomic E-state index is 13.2. The van der Waals surface area contributed by atoms with Crippen molar-refractivity contribution in [1.82, 2.24) is 15.0 Å². The number of aromatic nitrogens is 2. The number of rotatable bonds is 8. The van der Waals surface area contributed by atoms with Gasteiger partial charge in [0.25, 0.3) is 0 Å². The fourth-order valence-corrected chi connectivity index (χ4v) is 3.17. The summed E-state index contributed by atoms with van der Waals surface area (Å²) in [7, 11) is 0. The van der Waals surface area contributed by atoms with Crippen molar-refractivity contribution in [1.29, 1.82) is 0 Å². The van der Waals surface area contributed by atoms with Crippen molar-refractivity contribution in [2.75, 3.05) is 6.54 Å². The standard InChI is InChI=1S/C22H22ClN3O2/c1-3-14-26(22(27)19(4-2)16-8-6-5-7-9-16)15-20-24-21(25-28-20)17-10-12-18(23)13-11-17/h3,5-13,19H,1,4,14-15H2,2H3. The van der Waals surface area contributed by atoms with E-state index in [0.717, 1.165) is 11.1 Å². The van der Waals surface area contributed by atoms with Crippen LogP contribution in [0.3, 0.4) is 0 Å². The van der Waals surface area contributed by atoms with Gasteiger partial charge >= 0.3 is 0 Å². The molecule has 5 nitrogen and oxygen atoms in total. The highest BCUT2D eigenvalue weighted by Crippen LogP contribution is 2.24. The third kappa shape index (κ3) is 4.67. The van der Waals surface area contributed by atoms with Crippen LogP contribution >= 0.6 is 11.6 Å². The smallest absolute Gasteiger partial charge is 0.246 e. The summed E-state index contributed by atoms with van der Waals surface area (Å²) in [5.74, 6) is 0.635. The summed E-state index contributed by atoms with van der Waals surface area (Å²) < 4.78 is 5.37. The van der Waals surface area contributed by atoms with Crippen LogP contribution < -0.4 is 0 Å². The van der Waals surface area contributed by atoms with Gasteiger partial charge in [0, 0.05) is 17.1 Å². The molecule has 0 aliphatic heterocycles. The Morgan fingerprint density at radius 1 is 1.21 bits per heavy atom. The number of halogens is 1. The lowest BCUT2D eigenvalue weighted by atomic mass is 9.95. The molecule has 1 amide bonds. The number of hydrogen-bond donors (Lipinski definition) is 0. The number of nitrogens with zero attached hydrogens (tertiary/aromatic N) is 3. The molecule has 1 heterocycles. The van der Waals surface area contributed by atoms with E-state index >= 15 is 0 Å². The molecule has 0 aliphatic rings. The molecule has 6 heteroatoms. The molecule has 0 saturated heterocycles. The molecule has 0 N–H and O–H groups in total. The molecule has 0 saturated carbocycles. The minimum absolute atomic E-state index is 0.0137. The second-order valence-corrected chi connectivity index (χ2v) is 6.83. The topological polar surface area (TPSA) is 59.2 Å². The summed E-state index contributed by atoms with van der Waals surface area (Å²) in [4.78, 5) is 19.3. The van der Waals surface area contributed by atoms with E-state index in [1.807, 2.05) is 49.4 Å². The molecule has 3 aromatic rings. The van der Waals surface area contributed by atoms with E-state index in [-0.39, 0.29) is 18.4 Å². The fraction of sp³-hybridized carbons (Fsp3) is 0.227. The maximum absolute atomic E-state index is 13.2. The average molecular weight is 396 g/mol. The van der Waals surface area contributed by atoms with Gasteiger partial charge in [0.2, 0.25) is 17.6 Å². The van der Waals surface area contributed by atoms with Gasteiger partial charge in [-0.2, -0.15) is 4.98 Å². The van der Waals surface area contributed by atoms with Crippen molar-refractivity contribution < 1.29 is 9.32 Å². The van der Waals surface area contributed by atoms with E-state index in [2.05, 4.69) is 16.7 Å². The largest absolute Gasteiger partial charge is 0.337 e. The molecule has 0 fully saturated rings. The van der Waals surface area contributed by atoms with Crippen LogP contribution in [0.1, 0.15) is 30.7 Å². The molecule has 1 atom stereocenters. The van der Waals surface area contributed by atoms with E-state index in [4.69, 9.17) is 16.1 Å². The number of carbonyl (C=O) groups excluding carboxylic acids is 1. The van der Waals surface area contributed by atoms with Crippen LogP contribution in [0.4, 0.5) is 0 Å². The van der Waals surface area contributed by atoms with Crippen LogP contribution in [0.25, 0.3) is 11.4 Å². The van der Waals surface area contributed by atoms with Gasteiger partial charge in [0.05, 0.1) is 5.92 Å². The van der Waals surface area contributed by atoms with Crippen LogP contribution in [-0.4, -0.2) is 27.5 Å². The summed E-state index contributed by atoms with van der Waals surface area (Å²) in [6.45, 7) is 6.41. The lowest BCUT2D eigenvalue weighted by molar-refractivity contribution is -0.133. The first-order valence-corrected chi connectivity index (χ1v) is 9.53. The van der Waals surface area contributed by atoms with E-state index in [9.17, 15) is 4.79 Å². The molecule has 0 spiro atoms. The third-order valence-corrected chi connectivity index (χ3v) is 4.72. The lowest BCUT2D eigenvalue weighted by Crippen LogP contribution is -2.35. The number of carbonyl (C=O) groups is 1. The molecule has 1 aromatic heterocycles.